The molecule has 0 spiro atoms. The van der Waals surface area contributed by atoms with Crippen LogP contribution in [0, 0.1) is 0 Å². The second-order valence-electron chi connectivity index (χ2n) is 9.05. The molecule has 8 nitrogen and oxygen atoms in total. The lowest BCUT2D eigenvalue weighted by Gasteiger charge is -2.24. The maximum atomic E-state index is 13.7. The summed E-state index contributed by atoms with van der Waals surface area (Å²) in [5.74, 6) is 0.540. The number of hydrogen-bond acceptors (Lipinski definition) is 5. The first kappa shape index (κ1) is 26.8. The summed E-state index contributed by atoms with van der Waals surface area (Å²) in [6.45, 7) is 0.521. The molecule has 0 atom stereocenters. The lowest BCUT2D eigenvalue weighted by atomic mass is 10.0. The topological polar surface area (TPSA) is 104 Å². The molecule has 0 bridgehead atoms. The van der Waals surface area contributed by atoms with Crippen LogP contribution in [0.2, 0.25) is 0 Å². The minimum Gasteiger partial charge on any atom is -0.493 e. The molecule has 1 aromatic heterocycles. The van der Waals surface area contributed by atoms with E-state index in [4.69, 9.17) is 14.7 Å². The van der Waals surface area contributed by atoms with Gasteiger partial charge in [0.05, 0.1) is 14.2 Å². The number of anilines is 1. The molecule has 198 valence electrons. The number of hydrogen-bond donors (Lipinski definition) is 3. The second kappa shape index (κ2) is 12.8. The lowest BCUT2D eigenvalue weighted by molar-refractivity contribution is -0.129. The Labute approximate surface area is 222 Å². The summed E-state index contributed by atoms with van der Waals surface area (Å²) >= 11 is 0. The van der Waals surface area contributed by atoms with Gasteiger partial charge in [-0.25, -0.2) is 5.48 Å². The predicted octanol–water partition coefficient (Wildman–Crippen LogP) is 5.95. The van der Waals surface area contributed by atoms with Crippen LogP contribution in [0.4, 0.5) is 5.69 Å². The first-order valence-corrected chi connectivity index (χ1v) is 12.7. The molecule has 4 rings (SSSR count). The van der Waals surface area contributed by atoms with E-state index < -0.39 is 0 Å². The van der Waals surface area contributed by atoms with Gasteiger partial charge in [0.2, 0.25) is 5.91 Å². The fourth-order valence-corrected chi connectivity index (χ4v) is 4.50. The van der Waals surface area contributed by atoms with Gasteiger partial charge in [-0.1, -0.05) is 37.1 Å². The Morgan fingerprint density at radius 2 is 1.58 bits per heavy atom. The SMILES string of the molecule is COc1ccc(C(=O)N(CCCCCCC(=O)NO)c2ccc(-c3ccc4cc[nH]c4c3)cc2)cc1OC. The summed E-state index contributed by atoms with van der Waals surface area (Å²) in [4.78, 5) is 29.9. The second-order valence-corrected chi connectivity index (χ2v) is 9.05. The molecular weight excluding hydrogens is 482 g/mol. The lowest BCUT2D eigenvalue weighted by Crippen LogP contribution is -2.32. The van der Waals surface area contributed by atoms with Gasteiger partial charge in [0, 0.05) is 35.9 Å². The number of carbonyl (C=O) groups excluding carboxylic acids is 2. The molecule has 3 aromatic carbocycles. The number of benzene rings is 3. The largest absolute Gasteiger partial charge is 0.493 e. The van der Waals surface area contributed by atoms with E-state index in [1.54, 1.807) is 42.8 Å². The quantitative estimate of drug-likeness (QED) is 0.123. The summed E-state index contributed by atoms with van der Waals surface area (Å²) < 4.78 is 10.7. The molecule has 0 saturated heterocycles. The number of amides is 2. The standard InChI is InChI=1S/C30H33N3O5/c1-37-27-15-12-24(20-28(27)38-2)30(35)33(18-6-4-3-5-7-29(34)32-36)25-13-10-21(11-14-25)23-9-8-22-16-17-31-26(22)19-23/h8-17,19-20,31,36H,3-7,18H2,1-2H3,(H,32,34). The molecule has 4 aromatic rings. The Balaban J connectivity index is 1.53. The van der Waals surface area contributed by atoms with Gasteiger partial charge in [-0.05, 0) is 71.8 Å². The highest BCUT2D eigenvalue weighted by atomic mass is 16.5. The van der Waals surface area contributed by atoms with Gasteiger partial charge in [-0.15, -0.1) is 0 Å². The Kier molecular flexibility index (Phi) is 9.00. The van der Waals surface area contributed by atoms with E-state index in [9.17, 15) is 9.59 Å². The van der Waals surface area contributed by atoms with Crippen LogP contribution in [0.25, 0.3) is 22.0 Å². The van der Waals surface area contributed by atoms with Crippen molar-refractivity contribution in [3.05, 3.63) is 78.5 Å². The van der Waals surface area contributed by atoms with Crippen LogP contribution in [0.1, 0.15) is 42.5 Å². The van der Waals surface area contributed by atoms with Crippen molar-refractivity contribution in [3.8, 4) is 22.6 Å². The van der Waals surface area contributed by atoms with Crippen molar-refractivity contribution in [2.45, 2.75) is 32.1 Å². The highest BCUT2D eigenvalue weighted by Crippen LogP contribution is 2.30. The number of unbranched alkanes of at least 4 members (excludes halogenated alkanes) is 3. The van der Waals surface area contributed by atoms with Gasteiger partial charge in [0.1, 0.15) is 0 Å². The van der Waals surface area contributed by atoms with E-state index >= 15 is 0 Å². The van der Waals surface area contributed by atoms with E-state index in [-0.39, 0.29) is 18.2 Å². The predicted molar refractivity (Wildman–Crippen MR) is 148 cm³/mol. The van der Waals surface area contributed by atoms with Crippen molar-refractivity contribution in [3.63, 3.8) is 0 Å². The van der Waals surface area contributed by atoms with Gasteiger partial charge >= 0.3 is 0 Å². The number of hydroxylamine groups is 1. The number of aromatic amines is 1. The Hall–Kier alpha value is -4.30. The number of carbonyl (C=O) groups is 2. The Bertz CT molecular complexity index is 1380. The van der Waals surface area contributed by atoms with Crippen LogP contribution in [0.3, 0.4) is 0 Å². The summed E-state index contributed by atoms with van der Waals surface area (Å²) in [5, 5.41) is 9.80. The van der Waals surface area contributed by atoms with E-state index in [0.29, 0.717) is 30.0 Å². The minimum absolute atomic E-state index is 0.133. The summed E-state index contributed by atoms with van der Waals surface area (Å²) in [5.41, 5.74) is 6.19. The molecule has 0 aliphatic carbocycles. The van der Waals surface area contributed by atoms with Crippen molar-refractivity contribution < 1.29 is 24.3 Å². The Morgan fingerprint density at radius 1 is 0.842 bits per heavy atom. The molecule has 0 unspecified atom stereocenters. The average molecular weight is 516 g/mol. The van der Waals surface area contributed by atoms with Crippen molar-refractivity contribution in [1.82, 2.24) is 10.5 Å². The molecule has 1 heterocycles. The fourth-order valence-electron chi connectivity index (χ4n) is 4.50. The van der Waals surface area contributed by atoms with Crippen LogP contribution in [0.15, 0.2) is 72.9 Å². The smallest absolute Gasteiger partial charge is 0.258 e. The van der Waals surface area contributed by atoms with E-state index in [1.807, 2.05) is 36.5 Å². The van der Waals surface area contributed by atoms with Gasteiger partial charge in [0.15, 0.2) is 11.5 Å². The van der Waals surface area contributed by atoms with Crippen LogP contribution < -0.4 is 19.9 Å². The molecule has 8 heteroatoms. The molecule has 0 fully saturated rings. The summed E-state index contributed by atoms with van der Waals surface area (Å²) in [7, 11) is 3.11. The molecule has 0 saturated carbocycles. The molecule has 3 N–H and O–H groups in total. The number of fused-ring (bicyclic) bond motifs is 1. The number of aromatic nitrogens is 1. The molecule has 0 aliphatic rings. The zero-order valence-electron chi connectivity index (χ0n) is 21.7. The van der Waals surface area contributed by atoms with Gasteiger partial charge < -0.3 is 19.4 Å². The molecule has 0 radical (unpaired) electrons. The number of H-pyrrole nitrogens is 1. The molecule has 2 amide bonds. The van der Waals surface area contributed by atoms with E-state index in [2.05, 4.69) is 23.2 Å². The van der Waals surface area contributed by atoms with Crippen molar-refractivity contribution in [2.24, 2.45) is 0 Å². The fraction of sp³-hybridized carbons (Fsp3) is 0.267. The first-order valence-electron chi connectivity index (χ1n) is 12.7. The zero-order chi connectivity index (χ0) is 26.9. The monoisotopic (exact) mass is 515 g/mol. The molecule has 38 heavy (non-hydrogen) atoms. The normalized spacial score (nSPS) is 10.8. The maximum Gasteiger partial charge on any atom is 0.258 e. The Morgan fingerprint density at radius 3 is 2.32 bits per heavy atom. The van der Waals surface area contributed by atoms with Gasteiger partial charge in [0.25, 0.3) is 5.91 Å². The average Bonchev–Trinajstić information content (AvgIpc) is 3.44. The zero-order valence-corrected chi connectivity index (χ0v) is 21.7. The van der Waals surface area contributed by atoms with E-state index in [1.165, 1.54) is 0 Å². The third kappa shape index (κ3) is 6.33. The van der Waals surface area contributed by atoms with Crippen molar-refractivity contribution in [2.75, 3.05) is 25.7 Å². The van der Waals surface area contributed by atoms with Crippen LogP contribution in [-0.4, -0.2) is 42.8 Å². The van der Waals surface area contributed by atoms with Crippen LogP contribution >= 0.6 is 0 Å². The summed E-state index contributed by atoms with van der Waals surface area (Å²) in [6, 6.07) is 21.5. The number of nitrogens with zero attached hydrogens (tertiary/aromatic N) is 1. The third-order valence-electron chi connectivity index (χ3n) is 6.60. The first-order chi connectivity index (χ1) is 18.5. The number of nitrogens with one attached hydrogen (secondary N) is 2. The maximum absolute atomic E-state index is 13.7. The highest BCUT2D eigenvalue weighted by Gasteiger charge is 2.20. The number of rotatable bonds is 12. The molecule has 0 aliphatic heterocycles. The summed E-state index contributed by atoms with van der Waals surface area (Å²) in [6.07, 6.45) is 5.33. The van der Waals surface area contributed by atoms with Crippen LogP contribution in [-0.2, 0) is 4.79 Å². The van der Waals surface area contributed by atoms with Gasteiger partial charge in [-0.2, -0.15) is 0 Å². The highest BCUT2D eigenvalue weighted by molar-refractivity contribution is 6.06. The van der Waals surface area contributed by atoms with E-state index in [0.717, 1.165) is 47.0 Å². The van der Waals surface area contributed by atoms with Gasteiger partial charge in [-0.3, -0.25) is 14.8 Å². The van der Waals surface area contributed by atoms with Crippen LogP contribution in [0.5, 0.6) is 11.5 Å². The molecular formula is C30H33N3O5. The minimum atomic E-state index is -0.384. The number of ether oxygens (including phenoxy) is 2. The van der Waals surface area contributed by atoms with Crippen molar-refractivity contribution in [1.29, 1.82) is 0 Å². The van der Waals surface area contributed by atoms with Crippen molar-refractivity contribution >= 4 is 28.4 Å². The third-order valence-corrected chi connectivity index (χ3v) is 6.60. The number of methoxy groups -OCH3 is 2.